The van der Waals surface area contributed by atoms with Gasteiger partial charge in [-0.3, -0.25) is 14.5 Å². The Morgan fingerprint density at radius 2 is 1.61 bits per heavy atom. The van der Waals surface area contributed by atoms with Crippen molar-refractivity contribution in [3.63, 3.8) is 0 Å². The summed E-state index contributed by atoms with van der Waals surface area (Å²) in [7, 11) is 0. The van der Waals surface area contributed by atoms with Crippen LogP contribution in [0.15, 0.2) is 72.3 Å². The monoisotopic (exact) mass is 513 g/mol. The molecule has 3 aromatic rings. The standard InChI is InChI=1S/C31H31NO6/c1-6-37-31(36)21-11-14-23(15-12-21)32-27(24-10-8-7-9-19(24)4)26(29(34)30(32)35)28(33)22-13-16-25(20(5)17-22)38-18(2)3/h7-18,27,33H,6H2,1-5H3/b28-26+. The zero-order valence-corrected chi connectivity index (χ0v) is 22.1. The van der Waals surface area contributed by atoms with Gasteiger partial charge in [0.2, 0.25) is 0 Å². The van der Waals surface area contributed by atoms with E-state index < -0.39 is 23.7 Å². The molecule has 196 valence electrons. The van der Waals surface area contributed by atoms with E-state index in [1.807, 2.05) is 52.0 Å². The Hall–Kier alpha value is -4.39. The molecule has 4 rings (SSSR count). The fourth-order valence-electron chi connectivity index (χ4n) is 4.60. The topological polar surface area (TPSA) is 93.1 Å². The summed E-state index contributed by atoms with van der Waals surface area (Å²) in [4.78, 5) is 40.4. The minimum atomic E-state index is -0.864. The highest BCUT2D eigenvalue weighted by atomic mass is 16.5. The number of Topliss-reactive ketones (excluding diaryl/α,β-unsaturated/α-hetero) is 1. The number of ether oxygens (including phenoxy) is 2. The molecule has 1 heterocycles. The third-order valence-corrected chi connectivity index (χ3v) is 6.40. The van der Waals surface area contributed by atoms with Gasteiger partial charge in [0, 0.05) is 11.3 Å². The Balaban J connectivity index is 1.86. The van der Waals surface area contributed by atoms with Gasteiger partial charge in [-0.05, 0) is 93.8 Å². The molecule has 1 fully saturated rings. The number of rotatable bonds is 7. The van der Waals surface area contributed by atoms with Crippen LogP contribution in [0.25, 0.3) is 5.76 Å². The Morgan fingerprint density at radius 1 is 0.947 bits per heavy atom. The van der Waals surface area contributed by atoms with Crippen molar-refractivity contribution in [2.75, 3.05) is 11.5 Å². The lowest BCUT2D eigenvalue weighted by Crippen LogP contribution is -2.29. The maximum absolute atomic E-state index is 13.4. The van der Waals surface area contributed by atoms with Crippen LogP contribution in [0, 0.1) is 13.8 Å². The number of amides is 1. The van der Waals surface area contributed by atoms with Crippen molar-refractivity contribution in [3.05, 3.63) is 100 Å². The molecule has 1 unspecified atom stereocenters. The summed E-state index contributed by atoms with van der Waals surface area (Å²) in [5, 5.41) is 11.4. The predicted molar refractivity (Wildman–Crippen MR) is 145 cm³/mol. The van der Waals surface area contributed by atoms with Gasteiger partial charge in [-0.25, -0.2) is 4.79 Å². The maximum atomic E-state index is 13.4. The van der Waals surface area contributed by atoms with E-state index in [0.29, 0.717) is 28.1 Å². The van der Waals surface area contributed by atoms with E-state index in [9.17, 15) is 19.5 Å². The van der Waals surface area contributed by atoms with Gasteiger partial charge < -0.3 is 14.6 Å². The second-order valence-corrected chi connectivity index (χ2v) is 9.44. The molecule has 1 amide bonds. The maximum Gasteiger partial charge on any atom is 0.338 e. The number of carbonyl (C=O) groups excluding carboxylic acids is 3. The van der Waals surface area contributed by atoms with Gasteiger partial charge in [-0.2, -0.15) is 0 Å². The van der Waals surface area contributed by atoms with Crippen LogP contribution in [0.3, 0.4) is 0 Å². The van der Waals surface area contributed by atoms with E-state index in [2.05, 4.69) is 0 Å². The van der Waals surface area contributed by atoms with E-state index in [1.165, 1.54) is 4.90 Å². The van der Waals surface area contributed by atoms with E-state index in [0.717, 1.165) is 11.1 Å². The molecule has 0 radical (unpaired) electrons. The number of esters is 1. The van der Waals surface area contributed by atoms with Crippen LogP contribution in [0.1, 0.15) is 59.4 Å². The van der Waals surface area contributed by atoms with Crippen LogP contribution in [0.4, 0.5) is 5.69 Å². The molecule has 3 aromatic carbocycles. The van der Waals surface area contributed by atoms with Crippen LogP contribution < -0.4 is 9.64 Å². The van der Waals surface area contributed by atoms with E-state index >= 15 is 0 Å². The zero-order chi connectivity index (χ0) is 27.6. The lowest BCUT2D eigenvalue weighted by molar-refractivity contribution is -0.132. The predicted octanol–water partition coefficient (Wildman–Crippen LogP) is 5.89. The van der Waals surface area contributed by atoms with Crippen molar-refractivity contribution >= 4 is 29.1 Å². The van der Waals surface area contributed by atoms with Crippen LogP contribution in [0.2, 0.25) is 0 Å². The molecule has 38 heavy (non-hydrogen) atoms. The van der Waals surface area contributed by atoms with Crippen molar-refractivity contribution in [1.82, 2.24) is 0 Å². The molecule has 1 aliphatic rings. The quantitative estimate of drug-likeness (QED) is 0.183. The first-order valence-electron chi connectivity index (χ1n) is 12.5. The number of nitrogens with zero attached hydrogens (tertiary/aromatic N) is 1. The first-order chi connectivity index (χ1) is 18.1. The molecular weight excluding hydrogens is 482 g/mol. The molecule has 0 saturated carbocycles. The number of benzene rings is 3. The third-order valence-electron chi connectivity index (χ3n) is 6.40. The van der Waals surface area contributed by atoms with Gasteiger partial charge in [-0.1, -0.05) is 24.3 Å². The van der Waals surface area contributed by atoms with Crippen molar-refractivity contribution in [3.8, 4) is 5.75 Å². The third kappa shape index (κ3) is 5.05. The highest BCUT2D eigenvalue weighted by Gasteiger charge is 2.47. The van der Waals surface area contributed by atoms with Crippen LogP contribution in [-0.2, 0) is 14.3 Å². The summed E-state index contributed by atoms with van der Waals surface area (Å²) in [6.07, 6.45) is -0.0188. The molecule has 1 atom stereocenters. The Labute approximate surface area is 222 Å². The summed E-state index contributed by atoms with van der Waals surface area (Å²) in [6.45, 7) is 9.57. The molecular formula is C31H31NO6. The number of ketones is 1. The lowest BCUT2D eigenvalue weighted by Gasteiger charge is -2.26. The average Bonchev–Trinajstić information content (AvgIpc) is 3.15. The van der Waals surface area contributed by atoms with Crippen LogP contribution >= 0.6 is 0 Å². The molecule has 0 aliphatic carbocycles. The number of hydrogen-bond acceptors (Lipinski definition) is 6. The number of carbonyl (C=O) groups is 3. The minimum Gasteiger partial charge on any atom is -0.507 e. The van der Waals surface area contributed by atoms with Crippen LogP contribution in [0.5, 0.6) is 5.75 Å². The second-order valence-electron chi connectivity index (χ2n) is 9.44. The van der Waals surface area contributed by atoms with E-state index in [-0.39, 0.29) is 24.0 Å². The zero-order valence-electron chi connectivity index (χ0n) is 22.1. The molecule has 7 heteroatoms. The highest BCUT2D eigenvalue weighted by Crippen LogP contribution is 2.43. The van der Waals surface area contributed by atoms with E-state index in [1.54, 1.807) is 49.4 Å². The Bertz CT molecular complexity index is 1420. The van der Waals surface area contributed by atoms with Gasteiger partial charge in [0.1, 0.15) is 11.5 Å². The minimum absolute atomic E-state index is 0.00398. The van der Waals surface area contributed by atoms with Gasteiger partial charge in [-0.15, -0.1) is 0 Å². The lowest BCUT2D eigenvalue weighted by atomic mass is 9.92. The smallest absolute Gasteiger partial charge is 0.338 e. The number of hydrogen-bond donors (Lipinski definition) is 1. The average molecular weight is 514 g/mol. The SMILES string of the molecule is CCOC(=O)c1ccc(N2C(=O)C(=O)/C(=C(/O)c3ccc(OC(C)C)c(C)c3)C2c2ccccc2C)cc1. The van der Waals surface area contributed by atoms with Gasteiger partial charge in [0.15, 0.2) is 0 Å². The Morgan fingerprint density at radius 3 is 2.21 bits per heavy atom. The summed E-state index contributed by atoms with van der Waals surface area (Å²) in [6, 6.07) is 18.0. The first kappa shape index (κ1) is 26.7. The molecule has 0 bridgehead atoms. The summed E-state index contributed by atoms with van der Waals surface area (Å²) in [5.74, 6) is -1.61. The van der Waals surface area contributed by atoms with Gasteiger partial charge in [0.05, 0.1) is 29.9 Å². The second kappa shape index (κ2) is 10.9. The normalized spacial score (nSPS) is 16.7. The molecule has 7 nitrogen and oxygen atoms in total. The van der Waals surface area contributed by atoms with Crippen LogP contribution in [-0.4, -0.2) is 35.5 Å². The first-order valence-corrected chi connectivity index (χ1v) is 12.5. The Kier molecular flexibility index (Phi) is 7.67. The summed E-state index contributed by atoms with van der Waals surface area (Å²) in [5.41, 5.74) is 3.51. The number of aryl methyl sites for hydroxylation is 2. The van der Waals surface area contributed by atoms with Crippen molar-refractivity contribution in [2.24, 2.45) is 0 Å². The van der Waals surface area contributed by atoms with Gasteiger partial charge >= 0.3 is 5.97 Å². The summed E-state index contributed by atoms with van der Waals surface area (Å²) >= 11 is 0. The number of aliphatic hydroxyl groups is 1. The largest absolute Gasteiger partial charge is 0.507 e. The number of aliphatic hydroxyl groups excluding tert-OH is 1. The van der Waals surface area contributed by atoms with Gasteiger partial charge in [0.25, 0.3) is 11.7 Å². The molecule has 1 N–H and O–H groups in total. The fraction of sp³-hybridized carbons (Fsp3) is 0.258. The van der Waals surface area contributed by atoms with Crippen molar-refractivity contribution < 1.29 is 29.0 Å². The van der Waals surface area contributed by atoms with Crippen molar-refractivity contribution in [1.29, 1.82) is 0 Å². The number of anilines is 1. The highest BCUT2D eigenvalue weighted by molar-refractivity contribution is 6.51. The molecule has 0 spiro atoms. The summed E-state index contributed by atoms with van der Waals surface area (Å²) < 4.78 is 10.9. The molecule has 0 aromatic heterocycles. The van der Waals surface area contributed by atoms with E-state index in [4.69, 9.17) is 9.47 Å². The molecule has 1 aliphatic heterocycles. The fourth-order valence-corrected chi connectivity index (χ4v) is 4.60. The molecule has 1 saturated heterocycles. The van der Waals surface area contributed by atoms with Crippen molar-refractivity contribution in [2.45, 2.75) is 46.8 Å².